The maximum absolute atomic E-state index is 11.9. The van der Waals surface area contributed by atoms with Gasteiger partial charge in [-0.25, -0.2) is 5.43 Å². The molecule has 4 N–H and O–H groups in total. The van der Waals surface area contributed by atoms with Crippen LogP contribution in [-0.4, -0.2) is 22.5 Å². The largest absolute Gasteiger partial charge is 0.389 e. The van der Waals surface area contributed by atoms with E-state index in [0.717, 1.165) is 22.5 Å². The zero-order valence-corrected chi connectivity index (χ0v) is 14.5. The number of nitrogens with two attached hydrogens (primary N) is 1. The summed E-state index contributed by atoms with van der Waals surface area (Å²) in [6, 6.07) is 6.04. The first-order chi connectivity index (χ1) is 10.9. The van der Waals surface area contributed by atoms with Crippen molar-refractivity contribution < 1.29 is 4.79 Å². The molecule has 1 aromatic carbocycles. The third-order valence-corrected chi connectivity index (χ3v) is 4.19. The van der Waals surface area contributed by atoms with E-state index in [0.29, 0.717) is 10.7 Å². The van der Waals surface area contributed by atoms with Crippen molar-refractivity contribution in [2.45, 2.75) is 27.7 Å². The fourth-order valence-electron chi connectivity index (χ4n) is 2.26. The molecule has 1 aromatic heterocycles. The molecule has 6 nitrogen and oxygen atoms in total. The van der Waals surface area contributed by atoms with E-state index in [1.807, 2.05) is 32.9 Å². The van der Waals surface area contributed by atoms with Crippen molar-refractivity contribution >= 4 is 33.8 Å². The van der Waals surface area contributed by atoms with Crippen LogP contribution in [-0.2, 0) is 4.79 Å². The van der Waals surface area contributed by atoms with Crippen LogP contribution in [0.15, 0.2) is 23.3 Å². The molecule has 0 atom stereocenters. The second-order valence-corrected chi connectivity index (χ2v) is 6.22. The van der Waals surface area contributed by atoms with E-state index < -0.39 is 0 Å². The Balaban J connectivity index is 1.93. The highest BCUT2D eigenvalue weighted by Crippen LogP contribution is 2.21. The van der Waals surface area contributed by atoms with Gasteiger partial charge in [-0.15, -0.1) is 0 Å². The average molecular weight is 331 g/mol. The van der Waals surface area contributed by atoms with E-state index >= 15 is 0 Å². The molecule has 0 saturated heterocycles. The number of hydrazone groups is 1. The molecule has 122 valence electrons. The molecule has 0 unspecified atom stereocenters. The van der Waals surface area contributed by atoms with Gasteiger partial charge in [0.15, 0.2) is 0 Å². The van der Waals surface area contributed by atoms with E-state index in [9.17, 15) is 4.79 Å². The van der Waals surface area contributed by atoms with Gasteiger partial charge in [0.1, 0.15) is 5.00 Å². The smallest absolute Gasteiger partial charge is 0.259 e. The molecule has 0 aliphatic heterocycles. The van der Waals surface area contributed by atoms with Crippen molar-refractivity contribution in [1.29, 1.82) is 0 Å². The molecule has 0 radical (unpaired) electrons. The van der Waals surface area contributed by atoms with Crippen LogP contribution < -0.4 is 16.5 Å². The Morgan fingerprint density at radius 2 is 2.09 bits per heavy atom. The minimum Gasteiger partial charge on any atom is -0.389 e. The molecule has 0 aliphatic rings. The lowest BCUT2D eigenvalue weighted by Crippen LogP contribution is -2.27. The van der Waals surface area contributed by atoms with Crippen molar-refractivity contribution in [3.8, 4) is 0 Å². The first-order valence-corrected chi connectivity index (χ1v) is 8.02. The molecule has 0 spiro atoms. The molecule has 2 rings (SSSR count). The molecule has 1 amide bonds. The number of aryl methyl sites for hydroxylation is 3. The Hall–Kier alpha value is -2.41. The van der Waals surface area contributed by atoms with Gasteiger partial charge >= 0.3 is 0 Å². The topological polar surface area (TPSA) is 92.4 Å². The Kier molecular flexibility index (Phi) is 5.33. The van der Waals surface area contributed by atoms with Crippen molar-refractivity contribution in [2.75, 3.05) is 17.6 Å². The van der Waals surface area contributed by atoms with Crippen LogP contribution in [0.5, 0.6) is 0 Å². The number of nitrogen functional groups attached to an aromatic ring is 1. The predicted octanol–water partition coefficient (Wildman–Crippen LogP) is 2.60. The van der Waals surface area contributed by atoms with E-state index in [4.69, 9.17) is 5.73 Å². The Labute approximate surface area is 140 Å². The van der Waals surface area contributed by atoms with Gasteiger partial charge in [0, 0.05) is 5.69 Å². The summed E-state index contributed by atoms with van der Waals surface area (Å²) in [5.74, 6) is -0.219. The summed E-state index contributed by atoms with van der Waals surface area (Å²) in [7, 11) is 0. The van der Waals surface area contributed by atoms with Gasteiger partial charge in [-0.2, -0.15) is 9.47 Å². The molecule has 2 aromatic rings. The molecule has 1 heterocycles. The maximum Gasteiger partial charge on any atom is 0.259 e. The van der Waals surface area contributed by atoms with Crippen LogP contribution in [0, 0.1) is 20.8 Å². The highest BCUT2D eigenvalue weighted by molar-refractivity contribution is 7.10. The van der Waals surface area contributed by atoms with Crippen LogP contribution >= 0.6 is 11.5 Å². The monoisotopic (exact) mass is 331 g/mol. The van der Waals surface area contributed by atoms with Gasteiger partial charge in [-0.05, 0) is 50.9 Å². The van der Waals surface area contributed by atoms with Gasteiger partial charge in [0.05, 0.1) is 23.5 Å². The maximum atomic E-state index is 11.9. The lowest BCUT2D eigenvalue weighted by molar-refractivity contribution is -0.119. The van der Waals surface area contributed by atoms with E-state index in [-0.39, 0.29) is 12.5 Å². The summed E-state index contributed by atoms with van der Waals surface area (Å²) in [4.78, 5) is 11.9. The molecule has 0 saturated carbocycles. The minimum atomic E-state index is -0.219. The lowest BCUT2D eigenvalue weighted by atomic mass is 10.1. The van der Waals surface area contributed by atoms with Crippen molar-refractivity contribution in [2.24, 2.45) is 5.10 Å². The number of anilines is 2. The summed E-state index contributed by atoms with van der Waals surface area (Å²) < 4.78 is 4.17. The molecule has 7 heteroatoms. The quantitative estimate of drug-likeness (QED) is 0.580. The highest BCUT2D eigenvalue weighted by atomic mass is 32.1. The van der Waals surface area contributed by atoms with E-state index in [1.54, 1.807) is 6.92 Å². The second-order valence-electron chi connectivity index (χ2n) is 5.41. The van der Waals surface area contributed by atoms with E-state index in [2.05, 4.69) is 26.3 Å². The molecule has 0 fully saturated rings. The number of carbonyl (C=O) groups excluding carboxylic acids is 1. The number of nitrogens with one attached hydrogen (secondary N) is 2. The van der Waals surface area contributed by atoms with Crippen LogP contribution in [0.3, 0.4) is 0 Å². The Morgan fingerprint density at radius 3 is 2.70 bits per heavy atom. The van der Waals surface area contributed by atoms with Gasteiger partial charge in [-0.3, -0.25) is 4.79 Å². The number of rotatable bonds is 5. The van der Waals surface area contributed by atoms with Gasteiger partial charge in [0.2, 0.25) is 0 Å². The number of hydrogen-bond acceptors (Lipinski definition) is 6. The summed E-state index contributed by atoms with van der Waals surface area (Å²) in [6.45, 7) is 7.85. The zero-order valence-electron chi connectivity index (χ0n) is 13.7. The third-order valence-electron chi connectivity index (χ3n) is 3.42. The van der Waals surface area contributed by atoms with Crippen molar-refractivity contribution in [3.05, 3.63) is 40.6 Å². The predicted molar refractivity (Wildman–Crippen MR) is 96.0 cm³/mol. The third kappa shape index (κ3) is 4.29. The fourth-order valence-corrected chi connectivity index (χ4v) is 2.97. The molecular formula is C16H21N5OS. The lowest BCUT2D eigenvalue weighted by Gasteiger charge is -2.09. The second kappa shape index (κ2) is 7.23. The number of amides is 1. The standard InChI is InChI=1S/C16H21N5OS/c1-9-5-6-13(10(2)7-9)18-8-14(22)20-19-11(3)15-12(4)21-23-16(15)17/h5-7,18H,8,17H2,1-4H3,(H,20,22)/b19-11-. The number of aromatic nitrogens is 1. The summed E-state index contributed by atoms with van der Waals surface area (Å²) in [5, 5.41) is 7.81. The Bertz CT molecular complexity index is 731. The molecular weight excluding hydrogens is 310 g/mol. The van der Waals surface area contributed by atoms with Gasteiger partial charge < -0.3 is 11.1 Å². The number of nitrogens with zero attached hydrogens (tertiary/aromatic N) is 2. The van der Waals surface area contributed by atoms with Crippen LogP contribution in [0.2, 0.25) is 0 Å². The Morgan fingerprint density at radius 1 is 1.35 bits per heavy atom. The molecule has 23 heavy (non-hydrogen) atoms. The van der Waals surface area contributed by atoms with E-state index in [1.165, 1.54) is 17.1 Å². The number of benzene rings is 1. The fraction of sp³-hybridized carbons (Fsp3) is 0.312. The minimum absolute atomic E-state index is 0.150. The van der Waals surface area contributed by atoms with Crippen molar-refractivity contribution in [1.82, 2.24) is 9.80 Å². The SMILES string of the molecule is C/C(=N/NC(=O)CNc1ccc(C)cc1C)c1c(C)nsc1N. The number of hydrogen-bond donors (Lipinski definition) is 3. The van der Waals surface area contributed by atoms with Crippen LogP contribution in [0.1, 0.15) is 29.3 Å². The normalized spacial score (nSPS) is 11.4. The summed E-state index contributed by atoms with van der Waals surface area (Å²) in [6.07, 6.45) is 0. The van der Waals surface area contributed by atoms with Crippen LogP contribution in [0.4, 0.5) is 10.7 Å². The highest BCUT2D eigenvalue weighted by Gasteiger charge is 2.11. The zero-order chi connectivity index (χ0) is 17.0. The van der Waals surface area contributed by atoms with Crippen molar-refractivity contribution in [3.63, 3.8) is 0 Å². The molecule has 0 aliphatic carbocycles. The number of carbonyl (C=O) groups is 1. The summed E-state index contributed by atoms with van der Waals surface area (Å²) in [5.41, 5.74) is 13.9. The van der Waals surface area contributed by atoms with Crippen LogP contribution in [0.25, 0.3) is 0 Å². The van der Waals surface area contributed by atoms with Gasteiger partial charge in [0.25, 0.3) is 5.91 Å². The first-order valence-electron chi connectivity index (χ1n) is 7.25. The summed E-state index contributed by atoms with van der Waals surface area (Å²) >= 11 is 1.23. The average Bonchev–Trinajstić information content (AvgIpc) is 2.83. The van der Waals surface area contributed by atoms with Gasteiger partial charge in [-0.1, -0.05) is 17.7 Å². The molecule has 0 bridgehead atoms. The first kappa shape index (κ1) is 17.0.